The van der Waals surface area contributed by atoms with E-state index in [1.165, 1.54) is 5.56 Å². The molecule has 0 aliphatic rings. The van der Waals surface area contributed by atoms with Crippen LogP contribution < -0.4 is 5.32 Å². The summed E-state index contributed by atoms with van der Waals surface area (Å²) in [4.78, 5) is 23.8. The lowest BCUT2D eigenvalue weighted by atomic mass is 10.1. The van der Waals surface area contributed by atoms with Gasteiger partial charge in [0.1, 0.15) is 0 Å². The number of rotatable bonds is 9. The number of amides is 1. The Bertz CT molecular complexity index is 659. The number of carbonyl (C=O) groups is 2. The molecule has 0 bridgehead atoms. The van der Waals surface area contributed by atoms with E-state index in [1.54, 1.807) is 11.8 Å². The van der Waals surface area contributed by atoms with E-state index in [-0.39, 0.29) is 24.5 Å². The number of nitrogens with one attached hydrogen (secondary N) is 1. The molecular formula is C19H20INO2S. The molecular weight excluding hydrogens is 433 g/mol. The van der Waals surface area contributed by atoms with Crippen molar-refractivity contribution in [3.8, 4) is 0 Å². The molecule has 0 spiro atoms. The van der Waals surface area contributed by atoms with Crippen LogP contribution in [0.5, 0.6) is 0 Å². The van der Waals surface area contributed by atoms with E-state index in [4.69, 9.17) is 0 Å². The lowest BCUT2D eigenvalue weighted by molar-refractivity contribution is -0.120. The topological polar surface area (TPSA) is 46.2 Å². The van der Waals surface area contributed by atoms with Crippen molar-refractivity contribution >= 4 is 46.0 Å². The Morgan fingerprint density at radius 3 is 2.38 bits per heavy atom. The van der Waals surface area contributed by atoms with E-state index in [2.05, 4.69) is 40.0 Å². The van der Waals surface area contributed by atoms with Gasteiger partial charge in [0.2, 0.25) is 5.91 Å². The lowest BCUT2D eigenvalue weighted by Crippen LogP contribution is -2.26. The van der Waals surface area contributed by atoms with Crippen LogP contribution in [-0.2, 0) is 10.5 Å². The number of carbonyl (C=O) groups excluding carboxylic acids is 2. The van der Waals surface area contributed by atoms with Crippen molar-refractivity contribution in [1.82, 2.24) is 5.32 Å². The van der Waals surface area contributed by atoms with Gasteiger partial charge in [-0.2, -0.15) is 11.8 Å². The van der Waals surface area contributed by atoms with Gasteiger partial charge in [0.25, 0.3) is 0 Å². The summed E-state index contributed by atoms with van der Waals surface area (Å²) in [5.74, 6) is 1.77. The van der Waals surface area contributed by atoms with Gasteiger partial charge in [0.15, 0.2) is 5.78 Å². The van der Waals surface area contributed by atoms with E-state index in [9.17, 15) is 9.59 Å². The lowest BCUT2D eigenvalue weighted by Gasteiger charge is -2.05. The highest BCUT2D eigenvalue weighted by Crippen LogP contribution is 2.11. The third-order valence-corrected chi connectivity index (χ3v) is 5.17. The fraction of sp³-hybridized carbons (Fsp3) is 0.263. The molecule has 0 unspecified atom stereocenters. The van der Waals surface area contributed by atoms with Gasteiger partial charge in [-0.3, -0.25) is 9.59 Å². The molecule has 0 heterocycles. The van der Waals surface area contributed by atoms with Crippen molar-refractivity contribution in [3.63, 3.8) is 0 Å². The summed E-state index contributed by atoms with van der Waals surface area (Å²) in [5, 5.41) is 2.87. The molecule has 0 aliphatic carbocycles. The molecule has 126 valence electrons. The number of halogens is 1. The van der Waals surface area contributed by atoms with Crippen LogP contribution in [0.3, 0.4) is 0 Å². The fourth-order valence-corrected chi connectivity index (χ4v) is 3.30. The second-order valence-corrected chi connectivity index (χ2v) is 7.67. The van der Waals surface area contributed by atoms with Crippen molar-refractivity contribution in [3.05, 3.63) is 69.3 Å². The van der Waals surface area contributed by atoms with Gasteiger partial charge in [-0.25, -0.2) is 0 Å². The second-order valence-electron chi connectivity index (χ2n) is 5.32. The number of thioether (sulfide) groups is 1. The van der Waals surface area contributed by atoms with Crippen LogP contribution in [0.2, 0.25) is 0 Å². The highest BCUT2D eigenvalue weighted by molar-refractivity contribution is 14.1. The molecule has 2 aromatic carbocycles. The molecule has 3 nitrogen and oxygen atoms in total. The van der Waals surface area contributed by atoms with Crippen LogP contribution in [0.4, 0.5) is 0 Å². The minimum absolute atomic E-state index is 0.0139. The summed E-state index contributed by atoms with van der Waals surface area (Å²) in [6, 6.07) is 17.7. The Hall–Kier alpha value is -1.34. The zero-order valence-electron chi connectivity index (χ0n) is 13.3. The third-order valence-electron chi connectivity index (χ3n) is 3.43. The maximum Gasteiger partial charge on any atom is 0.220 e. The Labute approximate surface area is 160 Å². The summed E-state index contributed by atoms with van der Waals surface area (Å²) in [5.41, 5.74) is 1.96. The first-order valence-electron chi connectivity index (χ1n) is 7.82. The van der Waals surface area contributed by atoms with Crippen molar-refractivity contribution in [2.75, 3.05) is 12.3 Å². The Morgan fingerprint density at radius 2 is 1.67 bits per heavy atom. The van der Waals surface area contributed by atoms with Crippen LogP contribution >= 0.6 is 34.4 Å². The molecule has 2 aromatic rings. The van der Waals surface area contributed by atoms with E-state index < -0.39 is 0 Å². The van der Waals surface area contributed by atoms with Gasteiger partial charge in [-0.15, -0.1) is 0 Å². The monoisotopic (exact) mass is 453 g/mol. The molecule has 1 amide bonds. The molecule has 0 radical (unpaired) electrons. The van der Waals surface area contributed by atoms with Gasteiger partial charge in [-0.05, 0) is 40.3 Å². The van der Waals surface area contributed by atoms with Gasteiger partial charge in [-0.1, -0.05) is 42.5 Å². The molecule has 0 saturated heterocycles. The zero-order valence-corrected chi connectivity index (χ0v) is 16.3. The largest absolute Gasteiger partial charge is 0.355 e. The van der Waals surface area contributed by atoms with E-state index in [1.807, 2.05) is 42.5 Å². The van der Waals surface area contributed by atoms with Gasteiger partial charge in [0.05, 0.1) is 0 Å². The first-order chi connectivity index (χ1) is 11.6. The average molecular weight is 453 g/mol. The minimum atomic E-state index is -0.0610. The highest BCUT2D eigenvalue weighted by Gasteiger charge is 2.09. The summed E-state index contributed by atoms with van der Waals surface area (Å²) in [6.07, 6.45) is 0.498. The Morgan fingerprint density at radius 1 is 0.958 bits per heavy atom. The molecule has 1 N–H and O–H groups in total. The van der Waals surface area contributed by atoms with Gasteiger partial charge < -0.3 is 5.32 Å². The van der Waals surface area contributed by atoms with Crippen molar-refractivity contribution < 1.29 is 9.59 Å². The minimum Gasteiger partial charge on any atom is -0.355 e. The van der Waals surface area contributed by atoms with E-state index in [0.29, 0.717) is 12.1 Å². The SMILES string of the molecule is O=C(CCC(=O)c1ccc(I)cc1)NCCSCc1ccccc1. The van der Waals surface area contributed by atoms with Gasteiger partial charge >= 0.3 is 0 Å². The molecule has 2 rings (SSSR count). The number of ketones is 1. The first kappa shape index (κ1) is 19.0. The van der Waals surface area contributed by atoms with Crippen LogP contribution in [0.25, 0.3) is 0 Å². The van der Waals surface area contributed by atoms with E-state index >= 15 is 0 Å². The van der Waals surface area contributed by atoms with Gasteiger partial charge in [0, 0.05) is 40.0 Å². The molecule has 0 atom stereocenters. The first-order valence-corrected chi connectivity index (χ1v) is 10.1. The molecule has 5 heteroatoms. The molecule has 0 saturated carbocycles. The predicted molar refractivity (Wildman–Crippen MR) is 108 cm³/mol. The van der Waals surface area contributed by atoms with Crippen molar-refractivity contribution in [1.29, 1.82) is 0 Å². The molecule has 0 aliphatic heterocycles. The molecule has 0 fully saturated rings. The van der Waals surface area contributed by atoms with Crippen molar-refractivity contribution in [2.45, 2.75) is 18.6 Å². The van der Waals surface area contributed by atoms with Crippen LogP contribution in [0, 0.1) is 3.57 Å². The predicted octanol–water partition coefficient (Wildman–Crippen LogP) is 4.30. The number of hydrogen-bond donors (Lipinski definition) is 1. The summed E-state index contributed by atoms with van der Waals surface area (Å²) >= 11 is 3.99. The zero-order chi connectivity index (χ0) is 17.2. The smallest absolute Gasteiger partial charge is 0.220 e. The average Bonchev–Trinajstić information content (AvgIpc) is 2.61. The molecule has 24 heavy (non-hydrogen) atoms. The third kappa shape index (κ3) is 7.05. The summed E-state index contributed by atoms with van der Waals surface area (Å²) in [7, 11) is 0. The summed E-state index contributed by atoms with van der Waals surface area (Å²) < 4.78 is 1.09. The fourth-order valence-electron chi connectivity index (χ4n) is 2.12. The maximum absolute atomic E-state index is 12.0. The van der Waals surface area contributed by atoms with Crippen LogP contribution in [-0.4, -0.2) is 24.0 Å². The number of Topliss-reactive ketones (excluding diaryl/α,β-unsaturated/α-hetero) is 1. The standard InChI is InChI=1S/C19H20INO2S/c20-17-8-6-16(7-9-17)18(22)10-11-19(23)21-12-13-24-14-15-4-2-1-3-5-15/h1-9H,10-14H2,(H,21,23). The van der Waals surface area contributed by atoms with Crippen molar-refractivity contribution in [2.24, 2.45) is 0 Å². The Balaban J connectivity index is 1.58. The van der Waals surface area contributed by atoms with Crippen LogP contribution in [0.1, 0.15) is 28.8 Å². The normalized spacial score (nSPS) is 10.4. The quantitative estimate of drug-likeness (QED) is 0.350. The molecule has 0 aromatic heterocycles. The number of benzene rings is 2. The summed E-state index contributed by atoms with van der Waals surface area (Å²) in [6.45, 7) is 0.633. The van der Waals surface area contributed by atoms with Crippen LogP contribution in [0.15, 0.2) is 54.6 Å². The number of hydrogen-bond acceptors (Lipinski definition) is 3. The second kappa shape index (κ2) is 10.5. The van der Waals surface area contributed by atoms with E-state index in [0.717, 1.165) is 15.1 Å². The maximum atomic E-state index is 12.0. The Kier molecular flexibility index (Phi) is 8.32. The highest BCUT2D eigenvalue weighted by atomic mass is 127.